The summed E-state index contributed by atoms with van der Waals surface area (Å²) in [5.41, 5.74) is 1.34. The molecule has 0 spiro atoms. The van der Waals surface area contributed by atoms with Crippen LogP contribution in [0.5, 0.6) is 0 Å². The molecular formula is C10H18O2. The summed E-state index contributed by atoms with van der Waals surface area (Å²) in [6.07, 6.45) is 4.85. The molecule has 0 amide bonds. The molecule has 12 heavy (non-hydrogen) atoms. The van der Waals surface area contributed by atoms with Crippen LogP contribution >= 0.6 is 0 Å². The van der Waals surface area contributed by atoms with Gasteiger partial charge in [-0.15, -0.1) is 0 Å². The third-order valence-electron chi connectivity index (χ3n) is 2.12. The van der Waals surface area contributed by atoms with Crippen molar-refractivity contribution in [2.75, 3.05) is 0 Å². The monoisotopic (exact) mass is 170 g/mol. The maximum Gasteiger partial charge on any atom is 0.306 e. The fourth-order valence-corrected chi connectivity index (χ4v) is 0.955. The van der Waals surface area contributed by atoms with Gasteiger partial charge in [0.05, 0.1) is 5.92 Å². The van der Waals surface area contributed by atoms with Gasteiger partial charge in [0.25, 0.3) is 0 Å². The highest BCUT2D eigenvalue weighted by Gasteiger charge is 2.09. The Morgan fingerprint density at radius 1 is 1.58 bits per heavy atom. The van der Waals surface area contributed by atoms with Gasteiger partial charge >= 0.3 is 5.97 Å². The Hall–Kier alpha value is -0.790. The summed E-state index contributed by atoms with van der Waals surface area (Å²) in [6.45, 7) is 5.84. The van der Waals surface area contributed by atoms with Crippen LogP contribution in [0.25, 0.3) is 0 Å². The summed E-state index contributed by atoms with van der Waals surface area (Å²) < 4.78 is 0. The summed E-state index contributed by atoms with van der Waals surface area (Å²) >= 11 is 0. The second kappa shape index (κ2) is 5.81. The molecule has 0 aromatic heterocycles. The molecule has 0 saturated heterocycles. The maximum atomic E-state index is 10.4. The predicted molar refractivity (Wildman–Crippen MR) is 50.1 cm³/mol. The number of aliphatic carboxylic acids is 1. The molecule has 2 heteroatoms. The molecule has 0 rings (SSSR count). The Bertz CT molecular complexity index is 171. The molecule has 0 radical (unpaired) electrons. The predicted octanol–water partition coefficient (Wildman–Crippen LogP) is 2.84. The number of allylic oxidation sites excluding steroid dienone is 2. The van der Waals surface area contributed by atoms with Crippen LogP contribution in [-0.4, -0.2) is 11.1 Å². The van der Waals surface area contributed by atoms with Gasteiger partial charge in [-0.3, -0.25) is 4.79 Å². The van der Waals surface area contributed by atoms with Crippen LogP contribution in [0, 0.1) is 5.92 Å². The summed E-state index contributed by atoms with van der Waals surface area (Å²) in [7, 11) is 0. The Morgan fingerprint density at radius 3 is 2.58 bits per heavy atom. The zero-order valence-corrected chi connectivity index (χ0v) is 8.13. The zero-order valence-electron chi connectivity index (χ0n) is 8.13. The van der Waals surface area contributed by atoms with Gasteiger partial charge in [0.1, 0.15) is 0 Å². The van der Waals surface area contributed by atoms with E-state index < -0.39 is 5.97 Å². The first-order valence-electron chi connectivity index (χ1n) is 4.42. The van der Waals surface area contributed by atoms with Gasteiger partial charge < -0.3 is 5.11 Å². The fourth-order valence-electron chi connectivity index (χ4n) is 0.955. The molecule has 0 aliphatic carbocycles. The number of hydrogen-bond donors (Lipinski definition) is 1. The first kappa shape index (κ1) is 11.2. The van der Waals surface area contributed by atoms with Gasteiger partial charge in [0.2, 0.25) is 0 Å². The maximum absolute atomic E-state index is 10.4. The number of rotatable bonds is 5. The second-order valence-electron chi connectivity index (χ2n) is 3.27. The summed E-state index contributed by atoms with van der Waals surface area (Å²) in [5.74, 6) is -0.886. The van der Waals surface area contributed by atoms with Gasteiger partial charge in [0, 0.05) is 0 Å². The van der Waals surface area contributed by atoms with Gasteiger partial charge in [-0.1, -0.05) is 18.6 Å². The van der Waals surface area contributed by atoms with E-state index in [2.05, 4.69) is 13.0 Å². The average molecular weight is 170 g/mol. The standard InChI is InChI=1S/C10H18O2/c1-4-8(2)6-5-7-9(3)10(11)12/h4,9H,5-7H2,1-3H3,(H,11,12). The lowest BCUT2D eigenvalue weighted by Crippen LogP contribution is -2.08. The Kier molecular flexibility index (Phi) is 5.43. The van der Waals surface area contributed by atoms with Crippen molar-refractivity contribution in [1.29, 1.82) is 0 Å². The molecule has 0 fully saturated rings. The molecule has 2 nitrogen and oxygen atoms in total. The zero-order chi connectivity index (χ0) is 9.56. The largest absolute Gasteiger partial charge is 0.481 e. The van der Waals surface area contributed by atoms with E-state index in [1.807, 2.05) is 6.92 Å². The summed E-state index contributed by atoms with van der Waals surface area (Å²) in [6, 6.07) is 0. The number of carbonyl (C=O) groups is 1. The number of carboxylic acids is 1. The van der Waals surface area contributed by atoms with E-state index in [-0.39, 0.29) is 5.92 Å². The van der Waals surface area contributed by atoms with Crippen molar-refractivity contribution < 1.29 is 9.90 Å². The Morgan fingerprint density at radius 2 is 2.17 bits per heavy atom. The van der Waals surface area contributed by atoms with E-state index in [1.165, 1.54) is 5.57 Å². The van der Waals surface area contributed by atoms with E-state index >= 15 is 0 Å². The third-order valence-corrected chi connectivity index (χ3v) is 2.12. The average Bonchev–Trinajstić information content (AvgIpc) is 2.03. The molecule has 0 aromatic carbocycles. The lowest BCUT2D eigenvalue weighted by atomic mass is 10.0. The van der Waals surface area contributed by atoms with Gasteiger partial charge in [-0.05, 0) is 33.1 Å². The Balaban J connectivity index is 3.50. The Labute approximate surface area is 74.3 Å². The highest BCUT2D eigenvalue weighted by molar-refractivity contribution is 5.69. The molecule has 0 saturated carbocycles. The quantitative estimate of drug-likeness (QED) is 0.644. The fraction of sp³-hybridized carbons (Fsp3) is 0.700. The molecule has 1 unspecified atom stereocenters. The third kappa shape index (κ3) is 4.94. The van der Waals surface area contributed by atoms with Crippen molar-refractivity contribution in [3.05, 3.63) is 11.6 Å². The second-order valence-corrected chi connectivity index (χ2v) is 3.27. The van der Waals surface area contributed by atoms with Crippen LogP contribution in [0.1, 0.15) is 40.0 Å². The molecule has 1 N–H and O–H groups in total. The first-order chi connectivity index (χ1) is 5.57. The van der Waals surface area contributed by atoms with Crippen molar-refractivity contribution in [3.63, 3.8) is 0 Å². The molecule has 0 aliphatic heterocycles. The van der Waals surface area contributed by atoms with Crippen LogP contribution in [0.15, 0.2) is 11.6 Å². The minimum absolute atomic E-state index is 0.199. The highest BCUT2D eigenvalue weighted by Crippen LogP contribution is 2.11. The van der Waals surface area contributed by atoms with E-state index in [1.54, 1.807) is 6.92 Å². The highest BCUT2D eigenvalue weighted by atomic mass is 16.4. The van der Waals surface area contributed by atoms with Crippen LogP contribution < -0.4 is 0 Å². The minimum atomic E-state index is -0.687. The molecule has 0 bridgehead atoms. The van der Waals surface area contributed by atoms with Crippen LogP contribution in [-0.2, 0) is 4.79 Å². The molecule has 0 aliphatic rings. The van der Waals surface area contributed by atoms with E-state index in [0.29, 0.717) is 0 Å². The topological polar surface area (TPSA) is 37.3 Å². The van der Waals surface area contributed by atoms with Crippen LogP contribution in [0.2, 0.25) is 0 Å². The van der Waals surface area contributed by atoms with E-state index in [0.717, 1.165) is 19.3 Å². The number of hydrogen-bond acceptors (Lipinski definition) is 1. The van der Waals surface area contributed by atoms with Crippen LogP contribution in [0.3, 0.4) is 0 Å². The molecule has 0 aromatic rings. The lowest BCUT2D eigenvalue weighted by Gasteiger charge is -2.05. The minimum Gasteiger partial charge on any atom is -0.481 e. The first-order valence-corrected chi connectivity index (χ1v) is 4.42. The van der Waals surface area contributed by atoms with Crippen LogP contribution in [0.4, 0.5) is 0 Å². The normalized spacial score (nSPS) is 14.4. The molecule has 0 heterocycles. The smallest absolute Gasteiger partial charge is 0.306 e. The van der Waals surface area contributed by atoms with Gasteiger partial charge in [-0.25, -0.2) is 0 Å². The molecule has 70 valence electrons. The number of carboxylic acid groups (broad SMARTS) is 1. The van der Waals surface area contributed by atoms with Crippen molar-refractivity contribution in [3.8, 4) is 0 Å². The van der Waals surface area contributed by atoms with Crippen molar-refractivity contribution >= 4 is 5.97 Å². The van der Waals surface area contributed by atoms with E-state index in [9.17, 15) is 4.79 Å². The SMILES string of the molecule is CC=C(C)CCCC(C)C(=O)O. The summed E-state index contributed by atoms with van der Waals surface area (Å²) in [4.78, 5) is 10.4. The van der Waals surface area contributed by atoms with Gasteiger partial charge in [0.15, 0.2) is 0 Å². The van der Waals surface area contributed by atoms with Gasteiger partial charge in [-0.2, -0.15) is 0 Å². The summed E-state index contributed by atoms with van der Waals surface area (Å²) in [5, 5.41) is 8.59. The lowest BCUT2D eigenvalue weighted by molar-refractivity contribution is -0.141. The van der Waals surface area contributed by atoms with E-state index in [4.69, 9.17) is 5.11 Å². The van der Waals surface area contributed by atoms with Crippen molar-refractivity contribution in [2.24, 2.45) is 5.92 Å². The molecular weight excluding hydrogens is 152 g/mol. The molecule has 1 atom stereocenters. The van der Waals surface area contributed by atoms with Crippen molar-refractivity contribution in [1.82, 2.24) is 0 Å². The van der Waals surface area contributed by atoms with Crippen molar-refractivity contribution in [2.45, 2.75) is 40.0 Å².